The third kappa shape index (κ3) is 1.91. The van der Waals surface area contributed by atoms with Crippen LogP contribution in [0.5, 0.6) is 0 Å². The van der Waals surface area contributed by atoms with Gasteiger partial charge in [-0.3, -0.25) is 4.79 Å². The van der Waals surface area contributed by atoms with Crippen LogP contribution in [0.1, 0.15) is 20.8 Å². The molecule has 2 aromatic rings. The van der Waals surface area contributed by atoms with Gasteiger partial charge in [0, 0.05) is 17.6 Å². The molecule has 0 aliphatic carbocycles. The van der Waals surface area contributed by atoms with Crippen molar-refractivity contribution in [2.75, 3.05) is 0 Å². The molecule has 0 bridgehead atoms. The lowest BCUT2D eigenvalue weighted by atomic mass is 10.1. The predicted molar refractivity (Wildman–Crippen MR) is 72.0 cm³/mol. The van der Waals surface area contributed by atoms with Crippen molar-refractivity contribution in [3.63, 3.8) is 0 Å². The minimum absolute atomic E-state index is 0.114. The fourth-order valence-electron chi connectivity index (χ4n) is 2.07. The summed E-state index contributed by atoms with van der Waals surface area (Å²) in [6, 6.07) is 10.1. The maximum atomic E-state index is 12.3. The molecule has 1 aromatic heterocycles. The largest absolute Gasteiger partial charge is 0.329 e. The highest BCUT2D eigenvalue weighted by Crippen LogP contribution is 2.29. The second-order valence-corrected chi connectivity index (χ2v) is 5.80. The van der Waals surface area contributed by atoms with Crippen molar-refractivity contribution in [3.05, 3.63) is 56.2 Å². The number of rotatable bonds is 1. The summed E-state index contributed by atoms with van der Waals surface area (Å²) in [7, 11) is 0. The van der Waals surface area contributed by atoms with Gasteiger partial charge in [0.15, 0.2) is 0 Å². The van der Waals surface area contributed by atoms with E-state index in [4.69, 9.17) is 0 Å². The van der Waals surface area contributed by atoms with E-state index >= 15 is 0 Å². The average Bonchev–Trinajstić information content (AvgIpc) is 2.93. The summed E-state index contributed by atoms with van der Waals surface area (Å²) in [6.07, 6.45) is 0. The maximum absolute atomic E-state index is 12.3. The average molecular weight is 308 g/mol. The van der Waals surface area contributed by atoms with Gasteiger partial charge in [-0.25, -0.2) is 0 Å². The fourth-order valence-corrected chi connectivity index (χ4v) is 3.57. The Morgan fingerprint density at radius 1 is 1.18 bits per heavy atom. The van der Waals surface area contributed by atoms with Gasteiger partial charge in [0.25, 0.3) is 5.91 Å². The fraction of sp³-hybridized carbons (Fsp3) is 0.154. The molecular weight excluding hydrogens is 298 g/mol. The second kappa shape index (κ2) is 4.27. The molecule has 4 heteroatoms. The Labute approximate surface area is 112 Å². The highest BCUT2D eigenvalue weighted by molar-refractivity contribution is 9.10. The van der Waals surface area contributed by atoms with Gasteiger partial charge >= 0.3 is 0 Å². The van der Waals surface area contributed by atoms with E-state index in [1.165, 1.54) is 22.5 Å². The minimum Gasteiger partial charge on any atom is -0.329 e. The molecule has 1 amide bonds. The Morgan fingerprint density at radius 3 is 2.35 bits per heavy atom. The van der Waals surface area contributed by atoms with Crippen LogP contribution in [-0.2, 0) is 13.1 Å². The van der Waals surface area contributed by atoms with Crippen LogP contribution in [0.4, 0.5) is 0 Å². The zero-order valence-electron chi connectivity index (χ0n) is 9.02. The summed E-state index contributed by atoms with van der Waals surface area (Å²) in [4.78, 5) is 15.0. The zero-order chi connectivity index (χ0) is 11.8. The van der Waals surface area contributed by atoms with Crippen molar-refractivity contribution in [3.8, 4) is 0 Å². The van der Waals surface area contributed by atoms with Crippen LogP contribution < -0.4 is 0 Å². The molecule has 0 saturated heterocycles. The Morgan fingerprint density at radius 2 is 1.82 bits per heavy atom. The molecule has 0 spiro atoms. The highest BCUT2D eigenvalue weighted by Gasteiger charge is 2.25. The van der Waals surface area contributed by atoms with Crippen LogP contribution in [0, 0.1) is 0 Å². The Kier molecular flexibility index (Phi) is 2.76. The molecule has 3 rings (SSSR count). The monoisotopic (exact) mass is 307 g/mol. The number of amides is 1. The molecule has 2 nitrogen and oxygen atoms in total. The first kappa shape index (κ1) is 11.0. The predicted octanol–water partition coefficient (Wildman–Crippen LogP) is 3.67. The minimum atomic E-state index is 0.114. The number of hydrogen-bond donors (Lipinski definition) is 0. The van der Waals surface area contributed by atoms with Crippen LogP contribution in [0.2, 0.25) is 0 Å². The van der Waals surface area contributed by atoms with Gasteiger partial charge in [-0.15, -0.1) is 11.3 Å². The normalized spacial score (nSPS) is 13.8. The van der Waals surface area contributed by atoms with Crippen molar-refractivity contribution in [2.45, 2.75) is 13.1 Å². The van der Waals surface area contributed by atoms with Crippen molar-refractivity contribution < 1.29 is 4.79 Å². The first-order valence-electron chi connectivity index (χ1n) is 5.35. The first-order valence-corrected chi connectivity index (χ1v) is 7.02. The Balaban J connectivity index is 1.86. The molecule has 1 aliphatic heterocycles. The van der Waals surface area contributed by atoms with E-state index in [0.29, 0.717) is 0 Å². The van der Waals surface area contributed by atoms with E-state index in [0.717, 1.165) is 22.4 Å². The number of carbonyl (C=O) groups excluding carboxylic acids is 1. The summed E-state index contributed by atoms with van der Waals surface area (Å²) >= 11 is 4.90. The van der Waals surface area contributed by atoms with Crippen molar-refractivity contribution in [1.29, 1.82) is 0 Å². The molecule has 0 unspecified atom stereocenters. The topological polar surface area (TPSA) is 20.3 Å². The number of nitrogens with zero attached hydrogens (tertiary/aromatic N) is 1. The summed E-state index contributed by atoms with van der Waals surface area (Å²) in [5.74, 6) is 0.114. The quantitative estimate of drug-likeness (QED) is 0.787. The second-order valence-electron chi connectivity index (χ2n) is 4.03. The van der Waals surface area contributed by atoms with Gasteiger partial charge in [-0.05, 0) is 38.5 Å². The summed E-state index contributed by atoms with van der Waals surface area (Å²) in [6.45, 7) is 1.44. The summed E-state index contributed by atoms with van der Waals surface area (Å²) < 4.78 is 0.892. The zero-order valence-corrected chi connectivity index (χ0v) is 11.4. The molecule has 0 radical (unpaired) electrons. The lowest BCUT2D eigenvalue weighted by Gasteiger charge is -2.14. The van der Waals surface area contributed by atoms with Crippen LogP contribution in [0.3, 0.4) is 0 Å². The van der Waals surface area contributed by atoms with Gasteiger partial charge in [-0.2, -0.15) is 0 Å². The summed E-state index contributed by atoms with van der Waals surface area (Å²) in [5.41, 5.74) is 2.52. The summed E-state index contributed by atoms with van der Waals surface area (Å²) in [5, 5.41) is 1.93. The molecule has 2 heterocycles. The first-order chi connectivity index (χ1) is 8.25. The van der Waals surface area contributed by atoms with Gasteiger partial charge in [0.05, 0.1) is 0 Å². The SMILES string of the molecule is O=C(c1sccc1Br)N1Cc2ccccc2C1. The molecule has 0 atom stereocenters. The molecule has 0 saturated carbocycles. The number of benzene rings is 1. The number of carbonyl (C=O) groups is 1. The number of fused-ring (bicyclic) bond motifs is 1. The van der Waals surface area contributed by atoms with Crippen LogP contribution in [0.25, 0.3) is 0 Å². The molecule has 0 fully saturated rings. The lowest BCUT2D eigenvalue weighted by molar-refractivity contribution is 0.0755. The standard InChI is InChI=1S/C13H10BrNOS/c14-11-5-6-17-12(11)13(16)15-7-9-3-1-2-4-10(9)8-15/h1-6H,7-8H2. The van der Waals surface area contributed by atoms with Crippen LogP contribution >= 0.6 is 27.3 Å². The van der Waals surface area contributed by atoms with Gasteiger partial charge < -0.3 is 4.90 Å². The van der Waals surface area contributed by atoms with Crippen molar-refractivity contribution in [2.24, 2.45) is 0 Å². The molecule has 86 valence electrons. The van der Waals surface area contributed by atoms with E-state index in [1.54, 1.807) is 0 Å². The number of thiophene rings is 1. The maximum Gasteiger partial charge on any atom is 0.265 e. The van der Waals surface area contributed by atoms with Gasteiger partial charge in [-0.1, -0.05) is 24.3 Å². The van der Waals surface area contributed by atoms with E-state index in [2.05, 4.69) is 28.1 Å². The number of hydrogen-bond acceptors (Lipinski definition) is 2. The van der Waals surface area contributed by atoms with Crippen molar-refractivity contribution >= 4 is 33.2 Å². The number of halogens is 1. The molecule has 17 heavy (non-hydrogen) atoms. The van der Waals surface area contributed by atoms with Gasteiger partial charge in [0.1, 0.15) is 4.88 Å². The molecule has 1 aliphatic rings. The molecule has 1 aromatic carbocycles. The van der Waals surface area contributed by atoms with Gasteiger partial charge in [0.2, 0.25) is 0 Å². The van der Waals surface area contributed by atoms with E-state index in [9.17, 15) is 4.79 Å². The van der Waals surface area contributed by atoms with E-state index in [-0.39, 0.29) is 5.91 Å². The van der Waals surface area contributed by atoms with E-state index in [1.807, 2.05) is 28.5 Å². The molecule has 0 N–H and O–H groups in total. The third-order valence-corrected chi connectivity index (χ3v) is 4.77. The van der Waals surface area contributed by atoms with Crippen molar-refractivity contribution in [1.82, 2.24) is 4.90 Å². The smallest absolute Gasteiger partial charge is 0.265 e. The van der Waals surface area contributed by atoms with Crippen LogP contribution in [-0.4, -0.2) is 10.8 Å². The Bertz CT molecular complexity index is 553. The highest BCUT2D eigenvalue weighted by atomic mass is 79.9. The molecular formula is C13H10BrNOS. The van der Waals surface area contributed by atoms with Crippen LogP contribution in [0.15, 0.2) is 40.2 Å². The van der Waals surface area contributed by atoms with E-state index < -0.39 is 0 Å². The lowest BCUT2D eigenvalue weighted by Crippen LogP contribution is -2.24. The third-order valence-electron chi connectivity index (χ3n) is 2.94. The Hall–Kier alpha value is -1.13.